The molecule has 1 N–H and O–H groups in total. The van der Waals surface area contributed by atoms with Crippen molar-refractivity contribution in [1.29, 1.82) is 0 Å². The summed E-state index contributed by atoms with van der Waals surface area (Å²) in [6.45, 7) is 7.20. The Morgan fingerprint density at radius 3 is 2.81 bits per heavy atom. The zero-order chi connectivity index (χ0) is 11.5. The van der Waals surface area contributed by atoms with Crippen LogP contribution in [-0.2, 0) is 4.79 Å². The lowest BCUT2D eigenvalue weighted by atomic mass is 9.90. The molecule has 4 nitrogen and oxygen atoms in total. The fourth-order valence-corrected chi connectivity index (χ4v) is 2.31. The van der Waals surface area contributed by atoms with Gasteiger partial charge < -0.3 is 4.90 Å². The van der Waals surface area contributed by atoms with Crippen LogP contribution in [0.15, 0.2) is 18.9 Å². The van der Waals surface area contributed by atoms with Crippen LogP contribution in [0.2, 0.25) is 0 Å². The van der Waals surface area contributed by atoms with Gasteiger partial charge in [-0.2, -0.15) is 5.10 Å². The molecule has 0 unspecified atom stereocenters. The van der Waals surface area contributed by atoms with Gasteiger partial charge in [0.05, 0.1) is 6.20 Å². The van der Waals surface area contributed by atoms with E-state index in [2.05, 4.69) is 16.8 Å². The van der Waals surface area contributed by atoms with E-state index in [-0.39, 0.29) is 5.91 Å². The Hall–Kier alpha value is -1.58. The Morgan fingerprint density at radius 1 is 1.62 bits per heavy atom. The zero-order valence-electron chi connectivity index (χ0n) is 9.57. The van der Waals surface area contributed by atoms with E-state index in [1.165, 1.54) is 11.6 Å². The summed E-state index contributed by atoms with van der Waals surface area (Å²) in [5.41, 5.74) is 2.44. The van der Waals surface area contributed by atoms with Gasteiger partial charge in [0.2, 0.25) is 5.91 Å². The fraction of sp³-hybridized carbons (Fsp3) is 0.500. The first-order valence-corrected chi connectivity index (χ1v) is 5.63. The number of hydrogen-bond donors (Lipinski definition) is 1. The van der Waals surface area contributed by atoms with Gasteiger partial charge in [-0.05, 0) is 37.3 Å². The highest BCUT2D eigenvalue weighted by Crippen LogP contribution is 2.29. The highest BCUT2D eigenvalue weighted by Gasteiger charge is 2.24. The first-order valence-electron chi connectivity index (χ1n) is 5.63. The number of nitrogens with one attached hydrogen (secondary N) is 1. The summed E-state index contributed by atoms with van der Waals surface area (Å²) in [5.74, 6) is 0.579. The first-order chi connectivity index (χ1) is 7.72. The van der Waals surface area contributed by atoms with Crippen LogP contribution in [0.5, 0.6) is 0 Å². The van der Waals surface area contributed by atoms with Crippen LogP contribution in [0.4, 0.5) is 0 Å². The molecule has 4 heteroatoms. The van der Waals surface area contributed by atoms with E-state index in [0.717, 1.165) is 31.6 Å². The molecular weight excluding hydrogens is 202 g/mol. The number of aryl methyl sites for hydroxylation is 1. The summed E-state index contributed by atoms with van der Waals surface area (Å²) >= 11 is 0. The van der Waals surface area contributed by atoms with Crippen molar-refractivity contribution in [1.82, 2.24) is 15.1 Å². The summed E-state index contributed by atoms with van der Waals surface area (Å²) in [6.07, 6.45) is 5.33. The molecule has 0 atom stereocenters. The Labute approximate surface area is 95.3 Å². The second kappa shape index (κ2) is 4.51. The Bertz CT molecular complexity index is 389. The molecule has 86 valence electrons. The normalized spacial score (nSPS) is 17.4. The van der Waals surface area contributed by atoms with Crippen LogP contribution in [0, 0.1) is 6.92 Å². The van der Waals surface area contributed by atoms with Gasteiger partial charge >= 0.3 is 0 Å². The summed E-state index contributed by atoms with van der Waals surface area (Å²) in [6, 6.07) is 0. The molecule has 0 saturated carbocycles. The van der Waals surface area contributed by atoms with Gasteiger partial charge in [0.1, 0.15) is 0 Å². The van der Waals surface area contributed by atoms with Crippen LogP contribution in [0.1, 0.15) is 30.0 Å². The van der Waals surface area contributed by atoms with Crippen molar-refractivity contribution in [2.24, 2.45) is 0 Å². The van der Waals surface area contributed by atoms with Gasteiger partial charge in [0, 0.05) is 18.8 Å². The third-order valence-corrected chi connectivity index (χ3v) is 3.29. The molecule has 1 aliphatic heterocycles. The van der Waals surface area contributed by atoms with Crippen LogP contribution in [0.3, 0.4) is 0 Å². The highest BCUT2D eigenvalue weighted by atomic mass is 16.2. The van der Waals surface area contributed by atoms with Gasteiger partial charge in [0.25, 0.3) is 0 Å². The second-order valence-corrected chi connectivity index (χ2v) is 4.25. The Balaban J connectivity index is 1.98. The lowest BCUT2D eigenvalue weighted by Gasteiger charge is -2.31. The average molecular weight is 219 g/mol. The molecule has 2 rings (SSSR count). The largest absolute Gasteiger partial charge is 0.339 e. The number of aromatic nitrogens is 2. The summed E-state index contributed by atoms with van der Waals surface area (Å²) < 4.78 is 0. The lowest BCUT2D eigenvalue weighted by Crippen LogP contribution is -2.36. The molecule has 0 aromatic carbocycles. The fourth-order valence-electron chi connectivity index (χ4n) is 2.31. The molecule has 16 heavy (non-hydrogen) atoms. The minimum absolute atomic E-state index is 0.0439. The standard InChI is InChI=1S/C12H17N3O/c1-3-12(16)15-6-4-10(5-7-15)11-8-13-14-9(11)2/h3,8,10H,1,4-7H2,2H3,(H,13,14). The SMILES string of the molecule is C=CC(=O)N1CCC(c2cn[nH]c2C)CC1. The highest BCUT2D eigenvalue weighted by molar-refractivity contribution is 5.87. The van der Waals surface area contributed by atoms with Crippen LogP contribution in [0.25, 0.3) is 0 Å². The zero-order valence-corrected chi connectivity index (χ0v) is 9.57. The Kier molecular flexibility index (Phi) is 3.08. The monoisotopic (exact) mass is 219 g/mol. The molecule has 0 spiro atoms. The van der Waals surface area contributed by atoms with Crippen molar-refractivity contribution in [3.8, 4) is 0 Å². The van der Waals surface area contributed by atoms with E-state index in [9.17, 15) is 4.79 Å². The van der Waals surface area contributed by atoms with Crippen molar-refractivity contribution in [2.45, 2.75) is 25.7 Å². The van der Waals surface area contributed by atoms with Gasteiger partial charge in [-0.3, -0.25) is 9.89 Å². The number of piperidine rings is 1. The number of hydrogen-bond acceptors (Lipinski definition) is 2. The summed E-state index contributed by atoms with van der Waals surface area (Å²) in [4.78, 5) is 13.3. The van der Waals surface area contributed by atoms with Crippen LogP contribution < -0.4 is 0 Å². The number of carbonyl (C=O) groups excluding carboxylic acids is 1. The second-order valence-electron chi connectivity index (χ2n) is 4.25. The van der Waals surface area contributed by atoms with E-state index in [1.54, 1.807) is 0 Å². The molecule has 0 aliphatic carbocycles. The maximum absolute atomic E-state index is 11.4. The van der Waals surface area contributed by atoms with Gasteiger partial charge in [-0.25, -0.2) is 0 Å². The molecule has 2 heterocycles. The van der Waals surface area contributed by atoms with E-state index >= 15 is 0 Å². The van der Waals surface area contributed by atoms with Gasteiger partial charge in [-0.15, -0.1) is 0 Å². The van der Waals surface area contributed by atoms with Crippen molar-refractivity contribution < 1.29 is 4.79 Å². The minimum atomic E-state index is 0.0439. The first kappa shape index (κ1) is 10.9. The number of aromatic amines is 1. The number of nitrogens with zero attached hydrogens (tertiary/aromatic N) is 2. The van der Waals surface area contributed by atoms with Crippen LogP contribution >= 0.6 is 0 Å². The van der Waals surface area contributed by atoms with Gasteiger partial charge in [-0.1, -0.05) is 6.58 Å². The molecule has 1 aliphatic rings. The van der Waals surface area contributed by atoms with Gasteiger partial charge in [0.15, 0.2) is 0 Å². The van der Waals surface area contributed by atoms with E-state index < -0.39 is 0 Å². The number of carbonyl (C=O) groups is 1. The van der Waals surface area contributed by atoms with E-state index in [0.29, 0.717) is 5.92 Å². The number of likely N-dealkylation sites (tertiary alicyclic amines) is 1. The molecule has 1 aromatic rings. The minimum Gasteiger partial charge on any atom is -0.339 e. The third-order valence-electron chi connectivity index (χ3n) is 3.29. The molecule has 1 amide bonds. The van der Waals surface area contributed by atoms with Crippen molar-refractivity contribution in [3.05, 3.63) is 30.1 Å². The van der Waals surface area contributed by atoms with Crippen molar-refractivity contribution in [3.63, 3.8) is 0 Å². The summed E-state index contributed by atoms with van der Waals surface area (Å²) in [7, 11) is 0. The van der Waals surface area contributed by atoms with Crippen molar-refractivity contribution >= 4 is 5.91 Å². The topological polar surface area (TPSA) is 49.0 Å². The Morgan fingerprint density at radius 2 is 2.31 bits per heavy atom. The number of rotatable bonds is 2. The maximum atomic E-state index is 11.4. The third kappa shape index (κ3) is 2.01. The van der Waals surface area contributed by atoms with Crippen LogP contribution in [-0.4, -0.2) is 34.1 Å². The molecule has 1 fully saturated rings. The molecular formula is C12H17N3O. The molecule has 0 bridgehead atoms. The smallest absolute Gasteiger partial charge is 0.245 e. The maximum Gasteiger partial charge on any atom is 0.245 e. The molecule has 0 radical (unpaired) electrons. The van der Waals surface area contributed by atoms with E-state index in [4.69, 9.17) is 0 Å². The van der Waals surface area contributed by atoms with Crippen molar-refractivity contribution in [2.75, 3.05) is 13.1 Å². The van der Waals surface area contributed by atoms with E-state index in [1.807, 2.05) is 18.0 Å². The number of H-pyrrole nitrogens is 1. The quantitative estimate of drug-likeness (QED) is 0.768. The predicted molar refractivity (Wildman–Crippen MR) is 62.1 cm³/mol. The number of amides is 1. The average Bonchev–Trinajstić information content (AvgIpc) is 2.75. The predicted octanol–water partition coefficient (Wildman–Crippen LogP) is 1.61. The molecule has 1 saturated heterocycles. The summed E-state index contributed by atoms with van der Waals surface area (Å²) in [5, 5.41) is 7.01. The molecule has 1 aromatic heterocycles. The lowest BCUT2D eigenvalue weighted by molar-refractivity contribution is -0.127.